The average Bonchev–Trinajstić information content (AvgIpc) is 3.09. The number of nitrogens with zero attached hydrogens (tertiary/aromatic N) is 2. The summed E-state index contributed by atoms with van der Waals surface area (Å²) in [5, 5.41) is 8.02. The average molecular weight is 368 g/mol. The fourth-order valence-electron chi connectivity index (χ4n) is 2.94. The van der Waals surface area contributed by atoms with Crippen molar-refractivity contribution < 1.29 is 22.7 Å². The van der Waals surface area contributed by atoms with Crippen LogP contribution in [0.25, 0.3) is 0 Å². The SMILES string of the molecule is Cc1ncccc1OC1CCC(NC(=O)c2cc(C(F)(F)F)[nH]n2)CC1. The number of hydrogen-bond donors (Lipinski definition) is 2. The van der Waals surface area contributed by atoms with Crippen LogP contribution in [0.3, 0.4) is 0 Å². The number of hydrogen-bond acceptors (Lipinski definition) is 4. The van der Waals surface area contributed by atoms with E-state index in [0.717, 1.165) is 30.4 Å². The van der Waals surface area contributed by atoms with Crippen molar-refractivity contribution >= 4 is 5.91 Å². The maximum absolute atomic E-state index is 12.6. The highest BCUT2D eigenvalue weighted by molar-refractivity contribution is 5.92. The third-order valence-corrected chi connectivity index (χ3v) is 4.38. The lowest BCUT2D eigenvalue weighted by atomic mass is 9.93. The molecule has 2 aromatic rings. The molecule has 3 rings (SSSR count). The molecule has 9 heteroatoms. The van der Waals surface area contributed by atoms with Crippen LogP contribution in [-0.4, -0.2) is 33.2 Å². The first-order valence-electron chi connectivity index (χ1n) is 8.34. The molecule has 26 heavy (non-hydrogen) atoms. The number of carbonyl (C=O) groups excluding carboxylic acids is 1. The van der Waals surface area contributed by atoms with Crippen molar-refractivity contribution in [1.29, 1.82) is 0 Å². The molecule has 0 unspecified atom stereocenters. The molecule has 0 radical (unpaired) electrons. The zero-order valence-corrected chi connectivity index (χ0v) is 14.1. The van der Waals surface area contributed by atoms with Crippen LogP contribution >= 0.6 is 0 Å². The minimum atomic E-state index is -4.55. The van der Waals surface area contributed by atoms with Gasteiger partial charge in [0.15, 0.2) is 5.69 Å². The van der Waals surface area contributed by atoms with Gasteiger partial charge >= 0.3 is 6.18 Å². The number of ether oxygens (including phenoxy) is 1. The molecular weight excluding hydrogens is 349 g/mol. The largest absolute Gasteiger partial charge is 0.489 e. The summed E-state index contributed by atoms with van der Waals surface area (Å²) in [7, 11) is 0. The van der Waals surface area contributed by atoms with Crippen molar-refractivity contribution in [3.63, 3.8) is 0 Å². The number of aromatic nitrogens is 3. The van der Waals surface area contributed by atoms with Crippen molar-refractivity contribution in [2.75, 3.05) is 0 Å². The number of alkyl halides is 3. The van der Waals surface area contributed by atoms with Gasteiger partial charge in [-0.15, -0.1) is 0 Å². The van der Waals surface area contributed by atoms with Gasteiger partial charge in [0.05, 0.1) is 11.8 Å². The molecule has 1 saturated carbocycles. The minimum absolute atomic E-state index is 0.0354. The van der Waals surface area contributed by atoms with Gasteiger partial charge in [0.1, 0.15) is 11.4 Å². The molecule has 2 heterocycles. The molecule has 1 aliphatic carbocycles. The number of rotatable bonds is 4. The number of nitrogens with one attached hydrogen (secondary N) is 2. The first-order chi connectivity index (χ1) is 12.3. The maximum Gasteiger partial charge on any atom is 0.432 e. The molecule has 1 amide bonds. The minimum Gasteiger partial charge on any atom is -0.489 e. The predicted octanol–water partition coefficient (Wildman–Crippen LogP) is 3.25. The molecule has 1 aliphatic rings. The Balaban J connectivity index is 1.50. The normalized spacial score (nSPS) is 20.6. The second-order valence-corrected chi connectivity index (χ2v) is 6.32. The zero-order chi connectivity index (χ0) is 18.7. The Morgan fingerprint density at radius 3 is 2.65 bits per heavy atom. The lowest BCUT2D eigenvalue weighted by molar-refractivity contribution is -0.141. The Labute approximate surface area is 148 Å². The highest BCUT2D eigenvalue weighted by atomic mass is 19.4. The van der Waals surface area contributed by atoms with Gasteiger partial charge in [-0.3, -0.25) is 14.9 Å². The molecule has 0 atom stereocenters. The highest BCUT2D eigenvalue weighted by Crippen LogP contribution is 2.28. The van der Waals surface area contributed by atoms with Crippen LogP contribution in [0.5, 0.6) is 5.75 Å². The molecular formula is C17H19F3N4O2. The second-order valence-electron chi connectivity index (χ2n) is 6.32. The van der Waals surface area contributed by atoms with Gasteiger partial charge < -0.3 is 10.1 Å². The number of pyridine rings is 1. The van der Waals surface area contributed by atoms with Gasteiger partial charge in [0.25, 0.3) is 5.91 Å². The van der Waals surface area contributed by atoms with Crippen LogP contribution in [0.15, 0.2) is 24.4 Å². The molecule has 0 spiro atoms. The first kappa shape index (κ1) is 18.2. The lowest BCUT2D eigenvalue weighted by Gasteiger charge is -2.29. The van der Waals surface area contributed by atoms with E-state index in [1.54, 1.807) is 6.20 Å². The summed E-state index contributed by atoms with van der Waals surface area (Å²) in [5.74, 6) is 0.139. The molecule has 6 nitrogen and oxygen atoms in total. The van der Waals surface area contributed by atoms with Gasteiger partial charge in [0, 0.05) is 18.3 Å². The van der Waals surface area contributed by atoms with E-state index >= 15 is 0 Å². The summed E-state index contributed by atoms with van der Waals surface area (Å²) in [6.07, 6.45) is 0.0484. The summed E-state index contributed by atoms with van der Waals surface area (Å²) in [6, 6.07) is 4.29. The maximum atomic E-state index is 12.6. The van der Waals surface area contributed by atoms with E-state index in [0.29, 0.717) is 12.8 Å². The molecule has 0 aromatic carbocycles. The molecule has 0 aliphatic heterocycles. The summed E-state index contributed by atoms with van der Waals surface area (Å²) in [6.45, 7) is 1.88. The highest BCUT2D eigenvalue weighted by Gasteiger charge is 2.34. The van der Waals surface area contributed by atoms with Gasteiger partial charge in [-0.1, -0.05) is 0 Å². The summed E-state index contributed by atoms with van der Waals surface area (Å²) in [5.41, 5.74) is -0.477. The fraction of sp³-hybridized carbons (Fsp3) is 0.471. The van der Waals surface area contributed by atoms with Gasteiger partial charge in [-0.25, -0.2) is 0 Å². The van der Waals surface area contributed by atoms with Gasteiger partial charge in [-0.05, 0) is 44.7 Å². The Kier molecular flexibility index (Phi) is 5.15. The number of H-pyrrole nitrogens is 1. The van der Waals surface area contributed by atoms with E-state index in [1.165, 1.54) is 0 Å². The standard InChI is InChI=1S/C17H19F3N4O2/c1-10-14(3-2-8-21-10)26-12-6-4-11(5-7-12)22-16(25)13-9-15(24-23-13)17(18,19)20/h2-3,8-9,11-12H,4-7H2,1H3,(H,22,25)(H,23,24). The van der Waals surface area contributed by atoms with Crippen molar-refractivity contribution in [3.8, 4) is 5.75 Å². The molecule has 2 aromatic heterocycles. The quantitative estimate of drug-likeness (QED) is 0.868. The molecule has 0 saturated heterocycles. The van der Waals surface area contributed by atoms with Crippen LogP contribution in [0.2, 0.25) is 0 Å². The Morgan fingerprint density at radius 2 is 2.04 bits per heavy atom. The number of carbonyl (C=O) groups is 1. The number of aryl methyl sites for hydroxylation is 1. The number of amides is 1. The number of aromatic amines is 1. The van der Waals surface area contributed by atoms with Crippen LogP contribution in [0.4, 0.5) is 13.2 Å². The molecule has 0 bridgehead atoms. The molecule has 140 valence electrons. The van der Waals surface area contributed by atoms with Crippen molar-refractivity contribution in [2.45, 2.75) is 50.9 Å². The topological polar surface area (TPSA) is 79.9 Å². The van der Waals surface area contributed by atoms with E-state index in [9.17, 15) is 18.0 Å². The molecule has 2 N–H and O–H groups in total. The fourth-order valence-corrected chi connectivity index (χ4v) is 2.94. The van der Waals surface area contributed by atoms with E-state index in [-0.39, 0.29) is 17.8 Å². The van der Waals surface area contributed by atoms with Crippen LogP contribution < -0.4 is 10.1 Å². The summed E-state index contributed by atoms with van der Waals surface area (Å²) < 4.78 is 43.6. The van der Waals surface area contributed by atoms with Crippen molar-refractivity contribution in [2.24, 2.45) is 0 Å². The molecule has 1 fully saturated rings. The van der Waals surface area contributed by atoms with E-state index in [2.05, 4.69) is 15.4 Å². The zero-order valence-electron chi connectivity index (χ0n) is 14.1. The lowest BCUT2D eigenvalue weighted by Crippen LogP contribution is -2.39. The van der Waals surface area contributed by atoms with E-state index in [1.807, 2.05) is 24.2 Å². The second kappa shape index (κ2) is 7.35. The van der Waals surface area contributed by atoms with Crippen LogP contribution in [0, 0.1) is 6.92 Å². The third kappa shape index (κ3) is 4.33. The number of halogens is 3. The third-order valence-electron chi connectivity index (χ3n) is 4.38. The van der Waals surface area contributed by atoms with Gasteiger partial charge in [-0.2, -0.15) is 18.3 Å². The monoisotopic (exact) mass is 368 g/mol. The van der Waals surface area contributed by atoms with Crippen LogP contribution in [-0.2, 0) is 6.18 Å². The Bertz CT molecular complexity index is 767. The van der Waals surface area contributed by atoms with E-state index < -0.39 is 17.8 Å². The van der Waals surface area contributed by atoms with Crippen molar-refractivity contribution in [1.82, 2.24) is 20.5 Å². The Hall–Kier alpha value is -2.58. The summed E-state index contributed by atoms with van der Waals surface area (Å²) >= 11 is 0. The first-order valence-corrected chi connectivity index (χ1v) is 8.34. The van der Waals surface area contributed by atoms with Gasteiger partial charge in [0.2, 0.25) is 0 Å². The summed E-state index contributed by atoms with van der Waals surface area (Å²) in [4.78, 5) is 16.2. The van der Waals surface area contributed by atoms with E-state index in [4.69, 9.17) is 4.74 Å². The smallest absolute Gasteiger partial charge is 0.432 e. The van der Waals surface area contributed by atoms with Crippen molar-refractivity contribution in [3.05, 3.63) is 41.5 Å². The predicted molar refractivity (Wildman–Crippen MR) is 86.7 cm³/mol. The Morgan fingerprint density at radius 1 is 1.31 bits per heavy atom. The van der Waals surface area contributed by atoms with Crippen LogP contribution in [0.1, 0.15) is 47.6 Å².